The summed E-state index contributed by atoms with van der Waals surface area (Å²) in [5.74, 6) is -2.13. The molecule has 0 radical (unpaired) electrons. The lowest BCUT2D eigenvalue weighted by atomic mass is 9.46. The molecule has 1 aromatic rings. The molecule has 0 unspecified atom stereocenters. The minimum Gasteiger partial charge on any atom is -0.507 e. The second-order valence-electron chi connectivity index (χ2n) is 12.3. The van der Waals surface area contributed by atoms with Crippen molar-refractivity contribution in [2.75, 3.05) is 0 Å². The van der Waals surface area contributed by atoms with E-state index in [1.54, 1.807) is 19.9 Å². The maximum atomic E-state index is 14.0. The largest absolute Gasteiger partial charge is 0.507 e. The molecular formula is C30H36O6. The van der Waals surface area contributed by atoms with Crippen molar-refractivity contribution < 1.29 is 29.7 Å². The van der Waals surface area contributed by atoms with Crippen molar-refractivity contribution in [3.63, 3.8) is 0 Å². The Morgan fingerprint density at radius 2 is 1.69 bits per heavy atom. The van der Waals surface area contributed by atoms with Crippen LogP contribution in [0.3, 0.4) is 0 Å². The van der Waals surface area contributed by atoms with Gasteiger partial charge in [0.1, 0.15) is 11.5 Å². The van der Waals surface area contributed by atoms with Crippen molar-refractivity contribution in [3.05, 3.63) is 45.5 Å². The summed E-state index contributed by atoms with van der Waals surface area (Å²) in [5.41, 5.74) is -1.79. The van der Waals surface area contributed by atoms with E-state index in [0.29, 0.717) is 17.9 Å². The molecule has 5 rings (SSSR count). The number of aromatic hydroxyl groups is 1. The van der Waals surface area contributed by atoms with E-state index in [4.69, 9.17) is 0 Å². The number of phenols is 1. The highest BCUT2D eigenvalue weighted by Crippen LogP contribution is 2.62. The first kappa shape index (κ1) is 24.9. The third-order valence-corrected chi connectivity index (χ3v) is 9.46. The standard InChI is InChI=1S/C30H36O6/c1-16-13-29(4)15-28(3)14-20-19(12-18-8-6-5-7-9-18)10-11-21(32)23(20)25(33)24(28)27(35)30(29,36)26(34)22(16)17(2)31/h10-11,18,32-33,36H,5-9,12-15H2,1-4H3/t28-,29+,30+/m1/s1. The van der Waals surface area contributed by atoms with Crippen LogP contribution in [0.2, 0.25) is 0 Å². The first-order chi connectivity index (χ1) is 16.8. The number of aliphatic hydroxyl groups is 2. The van der Waals surface area contributed by atoms with Crippen LogP contribution in [0.25, 0.3) is 5.76 Å². The maximum absolute atomic E-state index is 14.0. The van der Waals surface area contributed by atoms with Crippen molar-refractivity contribution >= 4 is 23.1 Å². The fraction of sp³-hybridized carbons (Fsp3) is 0.567. The Morgan fingerprint density at radius 1 is 1.03 bits per heavy atom. The van der Waals surface area contributed by atoms with Gasteiger partial charge in [-0.05, 0) is 62.6 Å². The van der Waals surface area contributed by atoms with Gasteiger partial charge < -0.3 is 15.3 Å². The number of rotatable bonds is 3. The Balaban J connectivity index is 1.67. The molecule has 1 aromatic carbocycles. The molecule has 0 saturated heterocycles. The Labute approximate surface area is 212 Å². The molecule has 2 saturated carbocycles. The zero-order chi connectivity index (χ0) is 26.2. The zero-order valence-corrected chi connectivity index (χ0v) is 21.7. The molecule has 4 aliphatic carbocycles. The van der Waals surface area contributed by atoms with Crippen LogP contribution < -0.4 is 0 Å². The molecule has 4 aliphatic rings. The Bertz CT molecular complexity index is 1260. The maximum Gasteiger partial charge on any atom is 0.206 e. The topological polar surface area (TPSA) is 112 Å². The minimum atomic E-state index is -2.44. The summed E-state index contributed by atoms with van der Waals surface area (Å²) in [6, 6.07) is 3.50. The van der Waals surface area contributed by atoms with Gasteiger partial charge >= 0.3 is 0 Å². The molecule has 6 nitrogen and oxygen atoms in total. The second-order valence-corrected chi connectivity index (χ2v) is 12.3. The van der Waals surface area contributed by atoms with E-state index in [0.717, 1.165) is 30.4 Å². The number of ketones is 3. The highest BCUT2D eigenvalue weighted by Gasteiger charge is 2.69. The molecule has 0 bridgehead atoms. The minimum absolute atomic E-state index is 0.0177. The van der Waals surface area contributed by atoms with Gasteiger partial charge in [-0.1, -0.05) is 57.6 Å². The number of allylic oxidation sites excluding steroid dienone is 1. The Kier molecular flexibility index (Phi) is 5.64. The lowest BCUT2D eigenvalue weighted by molar-refractivity contribution is -0.171. The van der Waals surface area contributed by atoms with Crippen LogP contribution in [-0.4, -0.2) is 38.3 Å². The lowest BCUT2D eigenvalue weighted by Gasteiger charge is -2.56. The summed E-state index contributed by atoms with van der Waals surface area (Å²) in [7, 11) is 0. The van der Waals surface area contributed by atoms with Crippen LogP contribution >= 0.6 is 0 Å². The molecule has 3 atom stereocenters. The first-order valence-electron chi connectivity index (χ1n) is 13.1. The molecule has 0 spiro atoms. The molecule has 36 heavy (non-hydrogen) atoms. The number of phenolic OH excluding ortho intramolecular Hbond substituents is 1. The van der Waals surface area contributed by atoms with E-state index in [-0.39, 0.29) is 41.1 Å². The van der Waals surface area contributed by atoms with E-state index in [9.17, 15) is 29.7 Å². The number of aliphatic hydroxyl groups excluding tert-OH is 1. The molecule has 2 fully saturated rings. The van der Waals surface area contributed by atoms with Crippen LogP contribution in [0.1, 0.15) is 89.3 Å². The molecular weight excluding hydrogens is 456 g/mol. The summed E-state index contributed by atoms with van der Waals surface area (Å²) in [4.78, 5) is 39.8. The zero-order valence-electron chi connectivity index (χ0n) is 21.7. The number of fused-ring (bicyclic) bond motifs is 3. The highest BCUT2D eigenvalue weighted by molar-refractivity contribution is 6.33. The summed E-state index contributed by atoms with van der Waals surface area (Å²) in [6.45, 7) is 6.62. The van der Waals surface area contributed by atoms with Gasteiger partial charge in [0.2, 0.25) is 11.6 Å². The normalized spacial score (nSPS) is 32.8. The van der Waals surface area contributed by atoms with E-state index >= 15 is 0 Å². The fourth-order valence-electron chi connectivity index (χ4n) is 7.98. The van der Waals surface area contributed by atoms with Crippen molar-refractivity contribution in [2.45, 2.75) is 91.1 Å². The third-order valence-electron chi connectivity index (χ3n) is 9.46. The van der Waals surface area contributed by atoms with Crippen molar-refractivity contribution in [1.29, 1.82) is 0 Å². The van der Waals surface area contributed by atoms with Gasteiger partial charge in [0.15, 0.2) is 11.4 Å². The predicted molar refractivity (Wildman–Crippen MR) is 135 cm³/mol. The Hall–Kier alpha value is -2.73. The quantitative estimate of drug-likeness (QED) is 0.407. The number of hydrogen-bond acceptors (Lipinski definition) is 6. The third kappa shape index (κ3) is 3.29. The van der Waals surface area contributed by atoms with Gasteiger partial charge in [0, 0.05) is 16.4 Å². The average Bonchev–Trinajstić information content (AvgIpc) is 2.78. The monoisotopic (exact) mass is 492 g/mol. The summed E-state index contributed by atoms with van der Waals surface area (Å²) >= 11 is 0. The van der Waals surface area contributed by atoms with Crippen LogP contribution in [-0.2, 0) is 27.2 Å². The SMILES string of the molecule is CC(=O)C1=C(C)C[C@@]2(C)C[C@@]3(C)Cc4c(CC5CCCCC5)ccc(O)c4C(O)=C3C(=O)[C@@]2(O)C1=O. The van der Waals surface area contributed by atoms with Gasteiger partial charge in [-0.15, -0.1) is 0 Å². The molecule has 0 aliphatic heterocycles. The second kappa shape index (κ2) is 8.14. The van der Waals surface area contributed by atoms with Crippen LogP contribution in [0, 0.1) is 16.7 Å². The number of benzene rings is 1. The number of carbonyl (C=O) groups excluding carboxylic acids is 3. The van der Waals surface area contributed by atoms with Crippen LogP contribution in [0.5, 0.6) is 5.75 Å². The van der Waals surface area contributed by atoms with Crippen molar-refractivity contribution in [1.82, 2.24) is 0 Å². The van der Waals surface area contributed by atoms with E-state index in [1.165, 1.54) is 26.2 Å². The summed E-state index contributed by atoms with van der Waals surface area (Å²) < 4.78 is 0. The Morgan fingerprint density at radius 3 is 2.33 bits per heavy atom. The molecule has 0 heterocycles. The smallest absolute Gasteiger partial charge is 0.206 e. The van der Waals surface area contributed by atoms with Crippen molar-refractivity contribution in [2.24, 2.45) is 16.7 Å². The number of hydrogen-bond donors (Lipinski definition) is 3. The average molecular weight is 493 g/mol. The van der Waals surface area contributed by atoms with Gasteiger partial charge in [0.25, 0.3) is 0 Å². The van der Waals surface area contributed by atoms with Crippen LogP contribution in [0.15, 0.2) is 28.9 Å². The first-order valence-corrected chi connectivity index (χ1v) is 13.1. The number of Topliss-reactive ketones (excluding diaryl/α,β-unsaturated/α-hetero) is 3. The fourth-order valence-corrected chi connectivity index (χ4v) is 7.98. The van der Waals surface area contributed by atoms with E-state index in [2.05, 4.69) is 0 Å². The summed E-state index contributed by atoms with van der Waals surface area (Å²) in [6.07, 6.45) is 7.82. The predicted octanol–water partition coefficient (Wildman–Crippen LogP) is 4.94. The van der Waals surface area contributed by atoms with Gasteiger partial charge in [-0.25, -0.2) is 0 Å². The van der Waals surface area contributed by atoms with E-state index in [1.807, 2.05) is 13.0 Å². The molecule has 6 heteroatoms. The molecule has 3 N–H and O–H groups in total. The van der Waals surface area contributed by atoms with Gasteiger partial charge in [-0.2, -0.15) is 0 Å². The van der Waals surface area contributed by atoms with E-state index < -0.39 is 33.8 Å². The van der Waals surface area contributed by atoms with Crippen molar-refractivity contribution in [3.8, 4) is 5.75 Å². The number of carbonyl (C=O) groups is 3. The molecule has 0 aromatic heterocycles. The lowest BCUT2D eigenvalue weighted by Crippen LogP contribution is -2.67. The molecule has 192 valence electrons. The van der Waals surface area contributed by atoms with Gasteiger partial charge in [0.05, 0.1) is 11.1 Å². The molecule has 0 amide bonds. The van der Waals surface area contributed by atoms with Crippen LogP contribution in [0.4, 0.5) is 0 Å². The van der Waals surface area contributed by atoms with Gasteiger partial charge in [-0.3, -0.25) is 14.4 Å². The summed E-state index contributed by atoms with van der Waals surface area (Å²) in [5, 5.41) is 34.1. The highest BCUT2D eigenvalue weighted by atomic mass is 16.3.